The van der Waals surface area contributed by atoms with Crippen LogP contribution >= 0.6 is 22.9 Å². The van der Waals surface area contributed by atoms with Crippen molar-refractivity contribution in [1.82, 2.24) is 0 Å². The third-order valence-electron chi connectivity index (χ3n) is 2.83. The van der Waals surface area contributed by atoms with Gasteiger partial charge < -0.3 is 11.1 Å². The van der Waals surface area contributed by atoms with E-state index in [1.807, 2.05) is 32.0 Å². The smallest absolute Gasteiger partial charge is 0.244 e. The Balaban J connectivity index is 2.29. The predicted octanol–water partition coefficient (Wildman–Crippen LogP) is 3.66. The SMILES string of the molecule is Cc1cc(C(Nc2ccc(Cl)cc2)C(N)=O)c(C)s1. The zero-order valence-electron chi connectivity index (χ0n) is 10.7. The molecule has 100 valence electrons. The van der Waals surface area contributed by atoms with Gasteiger partial charge in [0.1, 0.15) is 6.04 Å². The molecule has 0 bridgehead atoms. The second-order valence-corrected chi connectivity index (χ2v) is 6.25. The average molecular weight is 295 g/mol. The van der Waals surface area contributed by atoms with E-state index in [4.69, 9.17) is 17.3 Å². The van der Waals surface area contributed by atoms with E-state index in [-0.39, 0.29) is 0 Å². The first-order valence-electron chi connectivity index (χ1n) is 5.85. The van der Waals surface area contributed by atoms with Gasteiger partial charge >= 0.3 is 0 Å². The molecule has 0 aliphatic heterocycles. The van der Waals surface area contributed by atoms with Gasteiger partial charge in [-0.2, -0.15) is 0 Å². The van der Waals surface area contributed by atoms with Crippen molar-refractivity contribution in [3.8, 4) is 0 Å². The highest BCUT2D eigenvalue weighted by atomic mass is 35.5. The first-order chi connectivity index (χ1) is 8.97. The molecule has 19 heavy (non-hydrogen) atoms. The van der Waals surface area contributed by atoms with Gasteiger partial charge in [-0.3, -0.25) is 4.79 Å². The average Bonchev–Trinajstić information content (AvgIpc) is 2.67. The summed E-state index contributed by atoms with van der Waals surface area (Å²) >= 11 is 7.50. The highest BCUT2D eigenvalue weighted by molar-refractivity contribution is 7.12. The lowest BCUT2D eigenvalue weighted by Crippen LogP contribution is -2.27. The molecule has 3 N–H and O–H groups in total. The molecule has 2 rings (SSSR count). The molecular weight excluding hydrogens is 280 g/mol. The summed E-state index contributed by atoms with van der Waals surface area (Å²) in [5, 5.41) is 3.81. The fourth-order valence-electron chi connectivity index (χ4n) is 1.95. The molecule has 0 saturated carbocycles. The predicted molar refractivity (Wildman–Crippen MR) is 80.8 cm³/mol. The number of anilines is 1. The molecule has 5 heteroatoms. The Morgan fingerprint density at radius 3 is 2.42 bits per heavy atom. The molecule has 0 fully saturated rings. The molecule has 1 amide bonds. The first-order valence-corrected chi connectivity index (χ1v) is 7.05. The van der Waals surface area contributed by atoms with Gasteiger partial charge in [-0.15, -0.1) is 11.3 Å². The second-order valence-electron chi connectivity index (χ2n) is 4.36. The molecule has 0 aliphatic carbocycles. The van der Waals surface area contributed by atoms with E-state index < -0.39 is 11.9 Å². The molecule has 0 spiro atoms. The number of rotatable bonds is 4. The van der Waals surface area contributed by atoms with Crippen LogP contribution in [0.25, 0.3) is 0 Å². The summed E-state index contributed by atoms with van der Waals surface area (Å²) in [6, 6.07) is 8.67. The van der Waals surface area contributed by atoms with Gasteiger partial charge in [0.2, 0.25) is 5.91 Å². The number of nitrogens with two attached hydrogens (primary N) is 1. The molecule has 2 aromatic rings. The summed E-state index contributed by atoms with van der Waals surface area (Å²) in [4.78, 5) is 13.9. The molecule has 1 heterocycles. The number of thiophene rings is 1. The minimum absolute atomic E-state index is 0.393. The number of hydrogen-bond acceptors (Lipinski definition) is 3. The molecule has 0 aliphatic rings. The highest BCUT2D eigenvalue weighted by Crippen LogP contribution is 2.29. The zero-order valence-corrected chi connectivity index (χ0v) is 12.3. The monoisotopic (exact) mass is 294 g/mol. The molecule has 1 unspecified atom stereocenters. The molecular formula is C14H15ClN2OS. The zero-order chi connectivity index (χ0) is 14.0. The van der Waals surface area contributed by atoms with Gasteiger partial charge in [-0.1, -0.05) is 11.6 Å². The second kappa shape index (κ2) is 5.63. The van der Waals surface area contributed by atoms with Crippen LogP contribution in [0.1, 0.15) is 21.4 Å². The number of carbonyl (C=O) groups excluding carboxylic acids is 1. The van der Waals surface area contributed by atoms with E-state index in [1.54, 1.807) is 23.5 Å². The Morgan fingerprint density at radius 1 is 1.32 bits per heavy atom. The number of hydrogen-bond donors (Lipinski definition) is 2. The third-order valence-corrected chi connectivity index (χ3v) is 4.06. The first kappa shape index (κ1) is 13.9. The largest absolute Gasteiger partial charge is 0.370 e. The van der Waals surface area contributed by atoms with Crippen LogP contribution in [-0.4, -0.2) is 5.91 Å². The summed E-state index contributed by atoms with van der Waals surface area (Å²) in [6.45, 7) is 4.01. The Morgan fingerprint density at radius 2 is 1.95 bits per heavy atom. The molecule has 0 saturated heterocycles. The van der Waals surface area contributed by atoms with E-state index in [0.29, 0.717) is 5.02 Å². The van der Waals surface area contributed by atoms with Gasteiger partial charge in [-0.05, 0) is 49.7 Å². The van der Waals surface area contributed by atoms with E-state index in [0.717, 1.165) is 21.0 Å². The molecule has 1 aromatic carbocycles. The van der Waals surface area contributed by atoms with Gasteiger partial charge in [-0.25, -0.2) is 0 Å². The lowest BCUT2D eigenvalue weighted by atomic mass is 10.1. The van der Waals surface area contributed by atoms with Gasteiger partial charge in [0.05, 0.1) is 0 Å². The minimum atomic E-state index is -0.522. The van der Waals surface area contributed by atoms with Crippen molar-refractivity contribution >= 4 is 34.5 Å². The molecule has 1 aromatic heterocycles. The number of carbonyl (C=O) groups is 1. The van der Waals surface area contributed by atoms with Crippen molar-refractivity contribution in [1.29, 1.82) is 0 Å². The van der Waals surface area contributed by atoms with Crippen LogP contribution < -0.4 is 11.1 Å². The van der Waals surface area contributed by atoms with E-state index in [1.165, 1.54) is 0 Å². The Hall–Kier alpha value is -1.52. The van der Waals surface area contributed by atoms with Crippen LogP contribution in [-0.2, 0) is 4.79 Å². The summed E-state index contributed by atoms with van der Waals surface area (Å²) < 4.78 is 0. The van der Waals surface area contributed by atoms with Crippen molar-refractivity contribution in [2.75, 3.05) is 5.32 Å². The number of primary amides is 1. The van der Waals surface area contributed by atoms with Crippen LogP contribution in [0.15, 0.2) is 30.3 Å². The maximum atomic E-state index is 11.7. The maximum absolute atomic E-state index is 11.7. The number of amides is 1. The lowest BCUT2D eigenvalue weighted by molar-refractivity contribution is -0.118. The quantitative estimate of drug-likeness (QED) is 0.904. The van der Waals surface area contributed by atoms with Crippen molar-refractivity contribution in [3.63, 3.8) is 0 Å². The highest BCUT2D eigenvalue weighted by Gasteiger charge is 2.21. The molecule has 3 nitrogen and oxygen atoms in total. The van der Waals surface area contributed by atoms with Crippen LogP contribution in [0.3, 0.4) is 0 Å². The maximum Gasteiger partial charge on any atom is 0.244 e. The number of halogens is 1. The van der Waals surface area contributed by atoms with Crippen LogP contribution in [0.5, 0.6) is 0 Å². The topological polar surface area (TPSA) is 55.1 Å². The summed E-state index contributed by atoms with van der Waals surface area (Å²) in [5.74, 6) is -0.393. The van der Waals surface area contributed by atoms with Crippen molar-refractivity contribution in [2.45, 2.75) is 19.9 Å². The van der Waals surface area contributed by atoms with Crippen LogP contribution in [0.2, 0.25) is 5.02 Å². The van der Waals surface area contributed by atoms with Crippen molar-refractivity contribution in [3.05, 3.63) is 50.7 Å². The number of benzene rings is 1. The summed E-state index contributed by atoms with van der Waals surface area (Å²) in [6.07, 6.45) is 0. The standard InChI is InChI=1S/C14H15ClN2OS/c1-8-7-12(9(2)19-8)13(14(16)18)17-11-5-3-10(15)4-6-11/h3-7,13,17H,1-2H3,(H2,16,18). The normalized spacial score (nSPS) is 12.2. The minimum Gasteiger partial charge on any atom is -0.370 e. The van der Waals surface area contributed by atoms with E-state index >= 15 is 0 Å². The number of aryl methyl sites for hydroxylation is 2. The van der Waals surface area contributed by atoms with Crippen LogP contribution in [0.4, 0.5) is 5.69 Å². The Labute approximate surface area is 121 Å². The summed E-state index contributed by atoms with van der Waals surface area (Å²) in [7, 11) is 0. The van der Waals surface area contributed by atoms with E-state index in [9.17, 15) is 4.79 Å². The van der Waals surface area contributed by atoms with Crippen molar-refractivity contribution < 1.29 is 4.79 Å². The summed E-state index contributed by atoms with van der Waals surface area (Å²) in [5.41, 5.74) is 7.25. The Kier molecular flexibility index (Phi) is 4.12. The third kappa shape index (κ3) is 3.28. The van der Waals surface area contributed by atoms with Crippen molar-refractivity contribution in [2.24, 2.45) is 5.73 Å². The fraction of sp³-hybridized carbons (Fsp3) is 0.214. The fourth-order valence-corrected chi connectivity index (χ4v) is 3.04. The Bertz CT molecular complexity index is 592. The number of nitrogens with one attached hydrogen (secondary N) is 1. The van der Waals surface area contributed by atoms with E-state index in [2.05, 4.69) is 5.32 Å². The van der Waals surface area contributed by atoms with Crippen LogP contribution in [0, 0.1) is 13.8 Å². The van der Waals surface area contributed by atoms with Gasteiger partial charge in [0, 0.05) is 20.5 Å². The molecule has 0 radical (unpaired) electrons. The lowest BCUT2D eigenvalue weighted by Gasteiger charge is -2.17. The van der Waals surface area contributed by atoms with Gasteiger partial charge in [0.25, 0.3) is 0 Å². The molecule has 1 atom stereocenters. The van der Waals surface area contributed by atoms with Gasteiger partial charge in [0.15, 0.2) is 0 Å².